The van der Waals surface area contributed by atoms with Gasteiger partial charge in [0.15, 0.2) is 0 Å². The molecule has 0 spiro atoms. The molecule has 0 saturated carbocycles. The third-order valence-electron chi connectivity index (χ3n) is 2.15. The number of nitrogens with one attached hydrogen (secondary N) is 2. The quantitative estimate of drug-likeness (QED) is 0.576. The molecular weight excluding hydrogens is 234 g/mol. The fourth-order valence-corrected chi connectivity index (χ4v) is 1.21. The Morgan fingerprint density at radius 3 is 2.39 bits per heavy atom. The van der Waals surface area contributed by atoms with Gasteiger partial charge in [-0.15, -0.1) is 0 Å². The topological polar surface area (TPSA) is 91.2 Å². The van der Waals surface area contributed by atoms with Crippen LogP contribution in [0.1, 0.15) is 5.56 Å². The van der Waals surface area contributed by atoms with Crippen molar-refractivity contribution < 1.29 is 14.3 Å². The van der Waals surface area contributed by atoms with Crippen LogP contribution in [0.3, 0.4) is 0 Å². The first-order valence-corrected chi connectivity index (χ1v) is 5.23. The van der Waals surface area contributed by atoms with E-state index in [1.165, 1.54) is 0 Å². The van der Waals surface area contributed by atoms with Crippen LogP contribution in [0, 0.1) is 11.3 Å². The van der Waals surface area contributed by atoms with Crippen molar-refractivity contribution in [2.45, 2.75) is 6.54 Å². The lowest BCUT2D eigenvalue weighted by molar-refractivity contribution is -0.139. The Kier molecular flexibility index (Phi) is 5.19. The van der Waals surface area contributed by atoms with Crippen molar-refractivity contribution in [3.05, 3.63) is 29.8 Å². The Labute approximate surface area is 105 Å². The molecule has 2 N–H and O–H groups in total. The molecule has 18 heavy (non-hydrogen) atoms. The van der Waals surface area contributed by atoms with E-state index >= 15 is 0 Å². The van der Waals surface area contributed by atoms with Crippen LogP contribution in [-0.4, -0.2) is 25.5 Å². The minimum atomic E-state index is -0.815. The van der Waals surface area contributed by atoms with Gasteiger partial charge in [0, 0.05) is 6.54 Å². The standard InChI is InChI=1S/C12H13N3O3/c1-18-10-4-2-9(3-5-10)8-15-12(17)11(16)14-7-6-13/h2-5H,7-8H2,1H3,(H,14,16)(H,15,17). The van der Waals surface area contributed by atoms with Gasteiger partial charge in [-0.05, 0) is 17.7 Å². The summed E-state index contributed by atoms with van der Waals surface area (Å²) in [6, 6.07) is 8.80. The van der Waals surface area contributed by atoms with E-state index in [0.717, 1.165) is 11.3 Å². The largest absolute Gasteiger partial charge is 0.497 e. The number of hydrogen-bond donors (Lipinski definition) is 2. The van der Waals surface area contributed by atoms with E-state index in [-0.39, 0.29) is 13.1 Å². The fourth-order valence-electron chi connectivity index (χ4n) is 1.21. The van der Waals surface area contributed by atoms with Crippen molar-refractivity contribution in [1.29, 1.82) is 5.26 Å². The highest BCUT2D eigenvalue weighted by molar-refractivity contribution is 6.35. The highest BCUT2D eigenvalue weighted by atomic mass is 16.5. The highest BCUT2D eigenvalue weighted by Gasteiger charge is 2.11. The van der Waals surface area contributed by atoms with Crippen LogP contribution in [0.2, 0.25) is 0 Å². The maximum absolute atomic E-state index is 11.3. The van der Waals surface area contributed by atoms with Gasteiger partial charge in [-0.1, -0.05) is 12.1 Å². The van der Waals surface area contributed by atoms with E-state index in [4.69, 9.17) is 10.00 Å². The molecule has 6 heteroatoms. The van der Waals surface area contributed by atoms with E-state index < -0.39 is 11.8 Å². The van der Waals surface area contributed by atoms with Crippen molar-refractivity contribution in [2.24, 2.45) is 0 Å². The van der Waals surface area contributed by atoms with Gasteiger partial charge in [0.05, 0.1) is 13.2 Å². The molecule has 0 aliphatic carbocycles. The molecule has 0 atom stereocenters. The second-order valence-electron chi connectivity index (χ2n) is 3.37. The number of ether oxygens (including phenoxy) is 1. The molecule has 0 radical (unpaired) electrons. The normalized spacial score (nSPS) is 9.11. The van der Waals surface area contributed by atoms with Crippen molar-refractivity contribution in [3.8, 4) is 11.8 Å². The smallest absolute Gasteiger partial charge is 0.310 e. The van der Waals surface area contributed by atoms with Crippen LogP contribution in [0.5, 0.6) is 5.75 Å². The van der Waals surface area contributed by atoms with Crippen molar-refractivity contribution >= 4 is 11.8 Å². The number of methoxy groups -OCH3 is 1. The van der Waals surface area contributed by atoms with Gasteiger partial charge in [-0.25, -0.2) is 0 Å². The third-order valence-corrected chi connectivity index (χ3v) is 2.15. The maximum Gasteiger partial charge on any atom is 0.310 e. The summed E-state index contributed by atoms with van der Waals surface area (Å²) in [6.07, 6.45) is 0. The van der Waals surface area contributed by atoms with Crippen LogP contribution in [-0.2, 0) is 16.1 Å². The Hall–Kier alpha value is -2.55. The molecule has 0 fully saturated rings. The Morgan fingerprint density at radius 1 is 1.22 bits per heavy atom. The lowest BCUT2D eigenvalue weighted by Crippen LogP contribution is -2.39. The summed E-state index contributed by atoms with van der Waals surface area (Å²) >= 11 is 0. The molecule has 0 aliphatic heterocycles. The number of rotatable bonds is 4. The van der Waals surface area contributed by atoms with E-state index in [1.807, 2.05) is 0 Å². The SMILES string of the molecule is COc1ccc(CNC(=O)C(=O)NCC#N)cc1. The predicted molar refractivity (Wildman–Crippen MR) is 63.5 cm³/mol. The van der Waals surface area contributed by atoms with Gasteiger partial charge in [-0.3, -0.25) is 9.59 Å². The number of carbonyl (C=O) groups excluding carboxylic acids is 2. The zero-order valence-corrected chi connectivity index (χ0v) is 9.90. The molecule has 94 valence electrons. The molecule has 0 saturated heterocycles. The first kappa shape index (κ1) is 13.5. The molecule has 1 aromatic rings. The molecule has 6 nitrogen and oxygen atoms in total. The molecular formula is C12H13N3O3. The van der Waals surface area contributed by atoms with Gasteiger partial charge in [0.1, 0.15) is 12.3 Å². The second kappa shape index (κ2) is 6.91. The van der Waals surface area contributed by atoms with Gasteiger partial charge in [-0.2, -0.15) is 5.26 Å². The molecule has 0 aromatic heterocycles. The summed E-state index contributed by atoms with van der Waals surface area (Å²) in [5, 5.41) is 12.8. The minimum Gasteiger partial charge on any atom is -0.497 e. The number of hydrogen-bond acceptors (Lipinski definition) is 4. The molecule has 1 rings (SSSR count). The monoisotopic (exact) mass is 247 g/mol. The minimum absolute atomic E-state index is 0.186. The zero-order valence-electron chi connectivity index (χ0n) is 9.90. The number of carbonyl (C=O) groups is 2. The molecule has 1 aromatic carbocycles. The fraction of sp³-hybridized carbons (Fsp3) is 0.250. The molecule has 0 unspecified atom stereocenters. The molecule has 2 amide bonds. The Balaban J connectivity index is 2.42. The molecule has 0 aliphatic rings. The van der Waals surface area contributed by atoms with E-state index in [1.54, 1.807) is 37.4 Å². The molecule has 0 bridgehead atoms. The van der Waals surface area contributed by atoms with Crippen molar-refractivity contribution in [1.82, 2.24) is 10.6 Å². The van der Waals surface area contributed by atoms with E-state index in [9.17, 15) is 9.59 Å². The van der Waals surface area contributed by atoms with Gasteiger partial charge in [0.25, 0.3) is 0 Å². The summed E-state index contributed by atoms with van der Waals surface area (Å²) in [4.78, 5) is 22.4. The van der Waals surface area contributed by atoms with Crippen LogP contribution in [0.25, 0.3) is 0 Å². The van der Waals surface area contributed by atoms with Gasteiger partial charge >= 0.3 is 11.8 Å². The maximum atomic E-state index is 11.3. The summed E-state index contributed by atoms with van der Waals surface area (Å²) in [5.74, 6) is -0.858. The molecule has 0 heterocycles. The van der Waals surface area contributed by atoms with Crippen LogP contribution in [0.15, 0.2) is 24.3 Å². The average molecular weight is 247 g/mol. The van der Waals surface area contributed by atoms with Crippen LogP contribution in [0.4, 0.5) is 0 Å². The van der Waals surface area contributed by atoms with Crippen LogP contribution >= 0.6 is 0 Å². The summed E-state index contributed by atoms with van der Waals surface area (Å²) in [6.45, 7) is 0.0532. The summed E-state index contributed by atoms with van der Waals surface area (Å²) in [7, 11) is 1.57. The third kappa shape index (κ3) is 4.14. The first-order valence-electron chi connectivity index (χ1n) is 5.23. The van der Waals surface area contributed by atoms with Crippen molar-refractivity contribution in [3.63, 3.8) is 0 Å². The zero-order chi connectivity index (χ0) is 13.4. The lowest BCUT2D eigenvalue weighted by Gasteiger charge is -2.05. The number of benzene rings is 1. The lowest BCUT2D eigenvalue weighted by atomic mass is 10.2. The Bertz CT molecular complexity index is 462. The Morgan fingerprint density at radius 2 is 1.83 bits per heavy atom. The second-order valence-corrected chi connectivity index (χ2v) is 3.37. The highest BCUT2D eigenvalue weighted by Crippen LogP contribution is 2.10. The number of nitriles is 1. The summed E-state index contributed by atoms with van der Waals surface area (Å²) in [5.41, 5.74) is 0.845. The number of amides is 2. The predicted octanol–water partition coefficient (Wildman–Crippen LogP) is -0.0488. The average Bonchev–Trinajstić information content (AvgIpc) is 2.42. The van der Waals surface area contributed by atoms with E-state index in [2.05, 4.69) is 10.6 Å². The van der Waals surface area contributed by atoms with Crippen LogP contribution < -0.4 is 15.4 Å². The van der Waals surface area contributed by atoms with Gasteiger partial charge < -0.3 is 15.4 Å². The van der Waals surface area contributed by atoms with Crippen molar-refractivity contribution in [2.75, 3.05) is 13.7 Å². The first-order chi connectivity index (χ1) is 8.67. The van der Waals surface area contributed by atoms with E-state index in [0.29, 0.717) is 0 Å². The number of nitrogens with zero attached hydrogens (tertiary/aromatic N) is 1. The summed E-state index contributed by atoms with van der Waals surface area (Å²) < 4.78 is 5.00. The van der Waals surface area contributed by atoms with Gasteiger partial charge in [0.2, 0.25) is 0 Å².